The average molecular weight is 850 g/mol. The number of allylic oxidation sites excluding steroid dienone is 13. The second-order valence-corrected chi connectivity index (χ2v) is 15.1. The van der Waals surface area contributed by atoms with E-state index in [1.807, 2.05) is 6.08 Å². The molecule has 2 rings (SSSR count). The van der Waals surface area contributed by atoms with Crippen molar-refractivity contribution in [2.75, 3.05) is 19.8 Å². The smallest absolute Gasteiger partial charge is 0.220 e. The van der Waals surface area contributed by atoms with E-state index in [1.165, 1.54) is 0 Å². The molecule has 2 aliphatic rings. The number of aliphatic hydroxyl groups excluding tert-OH is 8. The summed E-state index contributed by atoms with van der Waals surface area (Å²) in [5.41, 5.74) is 0. The number of hydrogen-bond acceptors (Lipinski definition) is 13. The maximum absolute atomic E-state index is 13.0. The second-order valence-electron chi connectivity index (χ2n) is 15.1. The van der Waals surface area contributed by atoms with Gasteiger partial charge in [0.2, 0.25) is 5.91 Å². The highest BCUT2D eigenvalue weighted by molar-refractivity contribution is 5.76. The largest absolute Gasteiger partial charge is 0.394 e. The highest BCUT2D eigenvalue weighted by atomic mass is 16.7. The third-order valence-electron chi connectivity index (χ3n) is 10.1. The normalized spacial score (nSPS) is 29.1. The fourth-order valence-corrected chi connectivity index (χ4v) is 6.47. The SMILES string of the molecule is CC/C=C\C/C=C\C/C=C\C/C=C\C/C=C\C/C=C\CCCCC(=O)NC(COC1OC(CO)C(OC2OC(CO)C(O)C(O)C2O)C(O)C1O)C(O)/C=C/CCCCC. The monoisotopic (exact) mass is 850 g/mol. The molecule has 0 saturated carbocycles. The highest BCUT2D eigenvalue weighted by Gasteiger charge is 2.50. The standard InChI is InChI=1S/C46H75NO13/c1-3-5-7-9-10-11-12-13-14-15-16-17-18-19-20-21-22-23-24-26-28-30-38(51)47-34(35(50)29-27-25-8-6-4-2)33-57-45-43(56)41(54)44(37(32-49)59-45)60-46-42(55)40(53)39(52)36(31-48)58-46/h5,7,10-11,13-14,16-17,19-20,22-23,27,29,34-37,39-46,48-50,52-56H,3-4,6,8-9,12,15,18,21,24-26,28,30-33H2,1-2H3,(H,47,51)/b7-5-,11-10-,14-13-,17-16-,20-19-,23-22-,29-27+. The van der Waals surface area contributed by atoms with Crippen molar-refractivity contribution in [3.63, 3.8) is 0 Å². The molecule has 2 heterocycles. The summed E-state index contributed by atoms with van der Waals surface area (Å²) < 4.78 is 22.5. The molecule has 0 bridgehead atoms. The summed E-state index contributed by atoms with van der Waals surface area (Å²) in [7, 11) is 0. The fourth-order valence-electron chi connectivity index (χ4n) is 6.47. The molecule has 0 aromatic rings. The lowest BCUT2D eigenvalue weighted by molar-refractivity contribution is -0.359. The van der Waals surface area contributed by atoms with Gasteiger partial charge in [0.25, 0.3) is 0 Å². The second kappa shape index (κ2) is 32.8. The van der Waals surface area contributed by atoms with Crippen LogP contribution in [0.2, 0.25) is 0 Å². The zero-order valence-electron chi connectivity index (χ0n) is 35.7. The predicted octanol–water partition coefficient (Wildman–Crippen LogP) is 3.87. The molecular formula is C46H75NO13. The number of aliphatic hydroxyl groups is 8. The Morgan fingerprint density at radius 2 is 1.13 bits per heavy atom. The first-order chi connectivity index (χ1) is 29.1. The Hall–Kier alpha value is -2.83. The van der Waals surface area contributed by atoms with Crippen molar-refractivity contribution >= 4 is 5.91 Å². The lowest BCUT2D eigenvalue weighted by Crippen LogP contribution is -2.65. The number of nitrogens with one attached hydrogen (secondary N) is 1. The maximum atomic E-state index is 13.0. The van der Waals surface area contributed by atoms with Gasteiger partial charge in [0, 0.05) is 6.42 Å². The highest BCUT2D eigenvalue weighted by Crippen LogP contribution is 2.29. The van der Waals surface area contributed by atoms with Crippen LogP contribution in [0.4, 0.5) is 0 Å². The van der Waals surface area contributed by atoms with Crippen LogP contribution in [0.3, 0.4) is 0 Å². The molecule has 2 aliphatic heterocycles. The number of carbonyl (C=O) groups is 1. The van der Waals surface area contributed by atoms with Crippen LogP contribution in [0, 0.1) is 0 Å². The molecular weight excluding hydrogens is 775 g/mol. The summed E-state index contributed by atoms with van der Waals surface area (Å²) in [5, 5.41) is 85.9. The molecule has 14 nitrogen and oxygen atoms in total. The molecule has 12 unspecified atom stereocenters. The summed E-state index contributed by atoms with van der Waals surface area (Å²) in [6.07, 6.45) is 24.1. The quantitative estimate of drug-likeness (QED) is 0.0370. The first-order valence-electron chi connectivity index (χ1n) is 21.8. The summed E-state index contributed by atoms with van der Waals surface area (Å²) in [6.45, 7) is 2.46. The van der Waals surface area contributed by atoms with Gasteiger partial charge in [0.05, 0.1) is 32.0 Å². The van der Waals surface area contributed by atoms with Crippen molar-refractivity contribution in [3.05, 3.63) is 85.1 Å². The van der Waals surface area contributed by atoms with E-state index in [1.54, 1.807) is 6.08 Å². The van der Waals surface area contributed by atoms with Crippen molar-refractivity contribution < 1.29 is 64.6 Å². The van der Waals surface area contributed by atoms with Gasteiger partial charge in [-0.15, -0.1) is 0 Å². The molecule has 2 fully saturated rings. The summed E-state index contributed by atoms with van der Waals surface area (Å²) in [5.74, 6) is -0.295. The first kappa shape index (κ1) is 53.3. The molecule has 0 aromatic carbocycles. The molecule has 14 heteroatoms. The Morgan fingerprint density at radius 3 is 1.70 bits per heavy atom. The third kappa shape index (κ3) is 20.8. The Bertz CT molecular complexity index is 1330. The summed E-state index contributed by atoms with van der Waals surface area (Å²) >= 11 is 0. The zero-order chi connectivity index (χ0) is 44.0. The van der Waals surface area contributed by atoms with Crippen molar-refractivity contribution in [3.8, 4) is 0 Å². The van der Waals surface area contributed by atoms with Crippen LogP contribution in [-0.2, 0) is 23.7 Å². The number of carbonyl (C=O) groups excluding carboxylic acids is 1. The molecule has 9 N–H and O–H groups in total. The van der Waals surface area contributed by atoms with Crippen molar-refractivity contribution in [2.24, 2.45) is 0 Å². The Kier molecular flexibility index (Phi) is 29.2. The topological polar surface area (TPSA) is 228 Å². The number of amides is 1. The first-order valence-corrected chi connectivity index (χ1v) is 21.8. The minimum Gasteiger partial charge on any atom is -0.394 e. The fraction of sp³-hybridized carbons (Fsp3) is 0.674. The van der Waals surface area contributed by atoms with Crippen LogP contribution in [0.5, 0.6) is 0 Å². The minimum absolute atomic E-state index is 0.219. The van der Waals surface area contributed by atoms with Gasteiger partial charge >= 0.3 is 0 Å². The lowest BCUT2D eigenvalue weighted by Gasteiger charge is -2.46. The van der Waals surface area contributed by atoms with E-state index >= 15 is 0 Å². The summed E-state index contributed by atoms with van der Waals surface area (Å²) in [4.78, 5) is 13.0. The molecule has 0 spiro atoms. The van der Waals surface area contributed by atoms with E-state index in [-0.39, 0.29) is 18.9 Å². The van der Waals surface area contributed by atoms with Crippen LogP contribution in [0.25, 0.3) is 0 Å². The lowest BCUT2D eigenvalue weighted by atomic mass is 9.97. The van der Waals surface area contributed by atoms with Gasteiger partial charge in [-0.1, -0.05) is 112 Å². The zero-order valence-corrected chi connectivity index (χ0v) is 35.7. The van der Waals surface area contributed by atoms with Crippen LogP contribution in [0.1, 0.15) is 104 Å². The van der Waals surface area contributed by atoms with E-state index < -0.39 is 86.8 Å². The van der Waals surface area contributed by atoms with E-state index in [2.05, 4.69) is 92.1 Å². The van der Waals surface area contributed by atoms with Crippen molar-refractivity contribution in [1.29, 1.82) is 0 Å². The Labute approximate surface area is 357 Å². The summed E-state index contributed by atoms with van der Waals surface area (Å²) in [6, 6.07) is -0.938. The number of rotatable bonds is 30. The van der Waals surface area contributed by atoms with Gasteiger partial charge < -0.3 is 65.1 Å². The van der Waals surface area contributed by atoms with E-state index in [0.29, 0.717) is 6.42 Å². The van der Waals surface area contributed by atoms with E-state index in [9.17, 15) is 45.6 Å². The van der Waals surface area contributed by atoms with Gasteiger partial charge in [-0.3, -0.25) is 4.79 Å². The van der Waals surface area contributed by atoms with Gasteiger partial charge in [-0.2, -0.15) is 0 Å². The van der Waals surface area contributed by atoms with Gasteiger partial charge in [-0.25, -0.2) is 0 Å². The molecule has 0 aromatic heterocycles. The molecule has 342 valence electrons. The Morgan fingerprint density at radius 1 is 0.617 bits per heavy atom. The van der Waals surface area contributed by atoms with Crippen LogP contribution < -0.4 is 5.32 Å². The predicted molar refractivity (Wildman–Crippen MR) is 230 cm³/mol. The van der Waals surface area contributed by atoms with Crippen LogP contribution in [-0.4, -0.2) is 140 Å². The number of hydrogen-bond donors (Lipinski definition) is 9. The molecule has 0 radical (unpaired) electrons. The maximum Gasteiger partial charge on any atom is 0.220 e. The van der Waals surface area contributed by atoms with Gasteiger partial charge in [0.1, 0.15) is 48.8 Å². The van der Waals surface area contributed by atoms with E-state index in [0.717, 1.165) is 77.0 Å². The molecule has 0 aliphatic carbocycles. The molecule has 2 saturated heterocycles. The molecule has 1 amide bonds. The molecule has 60 heavy (non-hydrogen) atoms. The minimum atomic E-state index is -1.79. The number of unbranched alkanes of at least 4 members (excludes halogenated alkanes) is 5. The number of ether oxygens (including phenoxy) is 4. The van der Waals surface area contributed by atoms with Gasteiger partial charge in [0.15, 0.2) is 12.6 Å². The third-order valence-corrected chi connectivity index (χ3v) is 10.1. The van der Waals surface area contributed by atoms with Crippen LogP contribution in [0.15, 0.2) is 85.1 Å². The van der Waals surface area contributed by atoms with Gasteiger partial charge in [-0.05, 0) is 70.6 Å². The van der Waals surface area contributed by atoms with Crippen molar-refractivity contribution in [2.45, 2.75) is 177 Å². The van der Waals surface area contributed by atoms with Crippen molar-refractivity contribution in [1.82, 2.24) is 5.32 Å². The average Bonchev–Trinajstić information content (AvgIpc) is 3.24. The van der Waals surface area contributed by atoms with E-state index in [4.69, 9.17) is 18.9 Å². The van der Waals surface area contributed by atoms with Crippen LogP contribution >= 0.6 is 0 Å². The Balaban J connectivity index is 1.81. The molecule has 12 atom stereocenters.